The van der Waals surface area contributed by atoms with E-state index in [1.165, 1.54) is 19.6 Å². The third-order valence-corrected chi connectivity index (χ3v) is 2.71. The van der Waals surface area contributed by atoms with Crippen LogP contribution in [0.15, 0.2) is 18.2 Å². The number of carbonyl (C=O) groups is 2. The molecule has 1 atom stereocenters. The molecule has 21 heavy (non-hydrogen) atoms. The fourth-order valence-electron chi connectivity index (χ4n) is 1.76. The van der Waals surface area contributed by atoms with Crippen LogP contribution in [0.2, 0.25) is 0 Å². The van der Waals surface area contributed by atoms with Gasteiger partial charge in [-0.2, -0.15) is 0 Å². The zero-order valence-electron chi connectivity index (χ0n) is 12.1. The Labute approximate surface area is 123 Å². The molecular weight excluding hydrogens is 274 g/mol. The van der Waals surface area contributed by atoms with Crippen LogP contribution < -0.4 is 21.3 Å². The Hall–Kier alpha value is -2.28. The Bertz CT molecular complexity index is 505. The molecule has 2 amide bonds. The molecule has 0 unspecified atom stereocenters. The highest BCUT2D eigenvalue weighted by atomic mass is 16.5. The minimum atomic E-state index is -0.451. The van der Waals surface area contributed by atoms with Crippen LogP contribution in [0.4, 0.5) is 0 Å². The topological polar surface area (TPSA) is 114 Å². The number of benzene rings is 1. The Morgan fingerprint density at radius 3 is 2.76 bits per heavy atom. The lowest BCUT2D eigenvalue weighted by molar-refractivity contribution is -0.120. The van der Waals surface area contributed by atoms with E-state index in [9.17, 15) is 14.7 Å². The van der Waals surface area contributed by atoms with Gasteiger partial charge in [-0.1, -0.05) is 13.0 Å². The number of carbonyl (C=O) groups excluding carboxylic acids is 2. The molecule has 5 N–H and O–H groups in total. The predicted octanol–water partition coefficient (Wildman–Crippen LogP) is 0.237. The summed E-state index contributed by atoms with van der Waals surface area (Å²) >= 11 is 0. The highest BCUT2D eigenvalue weighted by Crippen LogP contribution is 2.25. The number of rotatable bonds is 8. The van der Waals surface area contributed by atoms with E-state index in [2.05, 4.69) is 10.9 Å². The Balaban J connectivity index is 2.34. The molecule has 0 aliphatic heterocycles. The number of hydrogen-bond donors (Lipinski definition) is 4. The molecule has 1 aromatic rings. The van der Waals surface area contributed by atoms with E-state index in [-0.39, 0.29) is 24.0 Å². The Morgan fingerprint density at radius 1 is 1.48 bits per heavy atom. The van der Waals surface area contributed by atoms with Crippen molar-refractivity contribution in [2.24, 2.45) is 11.7 Å². The maximum absolute atomic E-state index is 11.5. The largest absolute Gasteiger partial charge is 0.504 e. The van der Waals surface area contributed by atoms with Crippen molar-refractivity contribution in [3.8, 4) is 11.5 Å². The minimum Gasteiger partial charge on any atom is -0.504 e. The normalized spacial score (nSPS) is 11.7. The van der Waals surface area contributed by atoms with Gasteiger partial charge < -0.3 is 15.6 Å². The second-order valence-electron chi connectivity index (χ2n) is 4.66. The number of nitrogens with one attached hydrogen (secondary N) is 2. The monoisotopic (exact) mass is 294 g/mol. The van der Waals surface area contributed by atoms with E-state index in [1.807, 2.05) is 0 Å². The number of aromatic hydroxyl groups is 1. The number of primary amides is 1. The molecule has 0 aromatic heterocycles. The van der Waals surface area contributed by atoms with Crippen molar-refractivity contribution in [2.75, 3.05) is 7.11 Å². The van der Waals surface area contributed by atoms with E-state index in [0.29, 0.717) is 12.3 Å². The van der Waals surface area contributed by atoms with Gasteiger partial charge >= 0.3 is 0 Å². The van der Waals surface area contributed by atoms with Gasteiger partial charge in [0.05, 0.1) is 13.5 Å². The van der Waals surface area contributed by atoms with E-state index in [0.717, 1.165) is 5.56 Å². The van der Waals surface area contributed by atoms with Crippen LogP contribution in [0.1, 0.15) is 18.9 Å². The van der Waals surface area contributed by atoms with E-state index in [1.54, 1.807) is 19.1 Å². The standard InChI is InChI=1S/C14H20N3O4/c1-9(5-13(15)19)6-14(20)17-16-8-10-3-4-12(21-2)11(18)7-10/h3-4,6-7,9,16,18H,5,8H2,1-2H3,(H2,15,19)(H,17,20)/t9-/m1/s1. The summed E-state index contributed by atoms with van der Waals surface area (Å²) in [7, 11) is 1.47. The molecule has 0 saturated carbocycles. The van der Waals surface area contributed by atoms with Gasteiger partial charge in [-0.3, -0.25) is 15.0 Å². The van der Waals surface area contributed by atoms with Gasteiger partial charge in [0.25, 0.3) is 0 Å². The second kappa shape index (κ2) is 8.11. The quantitative estimate of drug-likeness (QED) is 0.513. The lowest BCUT2D eigenvalue weighted by Crippen LogP contribution is -2.38. The first-order valence-electron chi connectivity index (χ1n) is 6.44. The number of ether oxygens (including phenoxy) is 1. The van der Waals surface area contributed by atoms with Crippen LogP contribution in [-0.4, -0.2) is 24.0 Å². The molecule has 0 saturated heterocycles. The molecule has 1 rings (SSSR count). The first-order chi connectivity index (χ1) is 9.92. The summed E-state index contributed by atoms with van der Waals surface area (Å²) in [5.41, 5.74) is 11.0. The molecule has 1 aromatic carbocycles. The summed E-state index contributed by atoms with van der Waals surface area (Å²) in [6, 6.07) is 4.93. The summed E-state index contributed by atoms with van der Waals surface area (Å²) in [6.07, 6.45) is 1.50. The van der Waals surface area contributed by atoms with Crippen LogP contribution in [0, 0.1) is 12.3 Å². The Morgan fingerprint density at radius 2 is 2.19 bits per heavy atom. The molecule has 0 spiro atoms. The molecule has 1 radical (unpaired) electrons. The average molecular weight is 294 g/mol. The van der Waals surface area contributed by atoms with E-state index >= 15 is 0 Å². The van der Waals surface area contributed by atoms with Gasteiger partial charge in [-0.15, -0.1) is 0 Å². The molecule has 7 nitrogen and oxygen atoms in total. The lowest BCUT2D eigenvalue weighted by Gasteiger charge is -2.11. The smallest absolute Gasteiger partial charge is 0.238 e. The van der Waals surface area contributed by atoms with Crippen molar-refractivity contribution >= 4 is 11.8 Å². The summed E-state index contributed by atoms with van der Waals surface area (Å²) in [6.45, 7) is 2.06. The van der Waals surface area contributed by atoms with Crippen molar-refractivity contribution in [3.05, 3.63) is 30.2 Å². The van der Waals surface area contributed by atoms with E-state index < -0.39 is 5.91 Å². The lowest BCUT2D eigenvalue weighted by atomic mass is 10.0. The summed E-state index contributed by atoms with van der Waals surface area (Å²) in [4.78, 5) is 22.2. The highest BCUT2D eigenvalue weighted by Gasteiger charge is 2.11. The van der Waals surface area contributed by atoms with Gasteiger partial charge in [0.15, 0.2) is 11.5 Å². The molecular formula is C14H20N3O4. The van der Waals surface area contributed by atoms with Crippen molar-refractivity contribution in [2.45, 2.75) is 19.9 Å². The van der Waals surface area contributed by atoms with Crippen molar-refractivity contribution in [3.63, 3.8) is 0 Å². The van der Waals surface area contributed by atoms with Gasteiger partial charge in [0.2, 0.25) is 11.8 Å². The first kappa shape index (κ1) is 16.8. The van der Waals surface area contributed by atoms with Gasteiger partial charge in [-0.05, 0) is 23.6 Å². The van der Waals surface area contributed by atoms with Gasteiger partial charge in [-0.25, -0.2) is 5.43 Å². The molecule has 0 fully saturated rings. The summed E-state index contributed by atoms with van der Waals surface area (Å²) in [5.74, 6) is -0.606. The molecule has 7 heteroatoms. The van der Waals surface area contributed by atoms with Crippen LogP contribution in [0.25, 0.3) is 0 Å². The van der Waals surface area contributed by atoms with Crippen LogP contribution in [0.3, 0.4) is 0 Å². The number of amides is 2. The summed E-state index contributed by atoms with van der Waals surface area (Å²) in [5, 5.41) is 9.61. The maximum atomic E-state index is 11.5. The highest BCUT2D eigenvalue weighted by molar-refractivity contribution is 5.85. The molecule has 115 valence electrons. The van der Waals surface area contributed by atoms with Crippen molar-refractivity contribution in [1.82, 2.24) is 10.9 Å². The maximum Gasteiger partial charge on any atom is 0.238 e. The number of hydrogen-bond acceptors (Lipinski definition) is 5. The van der Waals surface area contributed by atoms with Gasteiger partial charge in [0.1, 0.15) is 0 Å². The number of nitrogens with two attached hydrogens (primary N) is 1. The van der Waals surface area contributed by atoms with Crippen LogP contribution in [-0.2, 0) is 16.1 Å². The molecule has 0 aliphatic carbocycles. The van der Waals surface area contributed by atoms with Crippen LogP contribution >= 0.6 is 0 Å². The zero-order valence-corrected chi connectivity index (χ0v) is 12.1. The number of methoxy groups -OCH3 is 1. The summed E-state index contributed by atoms with van der Waals surface area (Å²) < 4.78 is 4.94. The van der Waals surface area contributed by atoms with Crippen LogP contribution in [0.5, 0.6) is 11.5 Å². The third-order valence-electron chi connectivity index (χ3n) is 2.71. The number of hydrazine groups is 1. The molecule has 0 aliphatic rings. The number of phenolic OH excluding ortho intramolecular Hbond substituents is 1. The molecule has 0 bridgehead atoms. The molecule has 0 heterocycles. The van der Waals surface area contributed by atoms with Gasteiger partial charge in [0, 0.05) is 13.0 Å². The second-order valence-corrected chi connectivity index (χ2v) is 4.66. The van der Waals surface area contributed by atoms with E-state index in [4.69, 9.17) is 10.5 Å². The zero-order chi connectivity index (χ0) is 15.8. The van der Waals surface area contributed by atoms with Crippen molar-refractivity contribution < 1.29 is 19.4 Å². The average Bonchev–Trinajstić information content (AvgIpc) is 2.37. The Kier molecular flexibility index (Phi) is 6.48. The first-order valence-corrected chi connectivity index (χ1v) is 6.44. The predicted molar refractivity (Wildman–Crippen MR) is 76.9 cm³/mol. The fraction of sp³-hybridized carbons (Fsp3) is 0.357. The third kappa shape index (κ3) is 6.13. The fourth-order valence-corrected chi connectivity index (χ4v) is 1.76. The van der Waals surface area contributed by atoms with Crippen molar-refractivity contribution in [1.29, 1.82) is 0 Å². The minimum absolute atomic E-state index is 0.0322. The SMILES string of the molecule is COc1ccc(CNNC(=O)[CH][C@H](C)CC(N)=O)cc1O. The number of phenols is 1.